The molecule has 1 unspecified atom stereocenters. The summed E-state index contributed by atoms with van der Waals surface area (Å²) in [5.41, 5.74) is 0. The average Bonchev–Trinajstić information content (AvgIpc) is 2.68. The van der Waals surface area contributed by atoms with Crippen LogP contribution < -0.4 is 5.32 Å². The summed E-state index contributed by atoms with van der Waals surface area (Å²) in [5.74, 6) is -0.410. The molecule has 0 radical (unpaired) electrons. The molecule has 8 heteroatoms. The van der Waals surface area contributed by atoms with Gasteiger partial charge in [0.05, 0.1) is 7.11 Å². The van der Waals surface area contributed by atoms with Crippen molar-refractivity contribution in [2.75, 3.05) is 12.9 Å². The topological polar surface area (TPSA) is 86.1 Å². The van der Waals surface area contributed by atoms with Crippen molar-refractivity contribution in [3.05, 3.63) is 6.33 Å². The van der Waals surface area contributed by atoms with Crippen molar-refractivity contribution in [2.45, 2.75) is 18.1 Å². The average molecular weight is 258 g/mol. The molecule has 0 aliphatic rings. The molecule has 1 aromatic heterocycles. The quantitative estimate of drug-likeness (QED) is 0.570. The fourth-order valence-corrected chi connectivity index (χ4v) is 2.01. The van der Waals surface area contributed by atoms with E-state index < -0.39 is 12.0 Å². The molecular formula is C9H14N4O3S. The minimum Gasteiger partial charge on any atom is -0.467 e. The van der Waals surface area contributed by atoms with Gasteiger partial charge in [0.2, 0.25) is 5.91 Å². The van der Waals surface area contributed by atoms with Crippen LogP contribution in [0.2, 0.25) is 0 Å². The Hall–Kier alpha value is -1.57. The van der Waals surface area contributed by atoms with Gasteiger partial charge in [-0.2, -0.15) is 0 Å². The third-order valence-corrected chi connectivity index (χ3v) is 3.04. The van der Waals surface area contributed by atoms with Crippen LogP contribution >= 0.6 is 11.8 Å². The lowest BCUT2D eigenvalue weighted by Gasteiger charge is -2.14. The third kappa shape index (κ3) is 4.06. The van der Waals surface area contributed by atoms with Crippen LogP contribution in [0.1, 0.15) is 6.92 Å². The van der Waals surface area contributed by atoms with Crippen LogP contribution in [0.5, 0.6) is 0 Å². The van der Waals surface area contributed by atoms with Crippen LogP contribution in [-0.2, 0) is 21.4 Å². The van der Waals surface area contributed by atoms with E-state index in [9.17, 15) is 9.59 Å². The van der Waals surface area contributed by atoms with Gasteiger partial charge in [0.15, 0.2) is 5.16 Å². The smallest absolute Gasteiger partial charge is 0.329 e. The third-order valence-electron chi connectivity index (χ3n) is 1.91. The van der Waals surface area contributed by atoms with E-state index in [-0.39, 0.29) is 5.91 Å². The first-order chi connectivity index (χ1) is 8.04. The van der Waals surface area contributed by atoms with Crippen LogP contribution in [0.3, 0.4) is 0 Å². The number of aryl methyl sites for hydroxylation is 1. The Balaban J connectivity index is 2.58. The molecule has 0 aliphatic heterocycles. The summed E-state index contributed by atoms with van der Waals surface area (Å²) in [4.78, 5) is 22.3. The fourth-order valence-electron chi connectivity index (χ4n) is 1.12. The zero-order valence-corrected chi connectivity index (χ0v) is 10.7. The second-order valence-corrected chi connectivity index (χ2v) is 4.30. The number of rotatable bonds is 5. The molecule has 0 saturated carbocycles. The van der Waals surface area contributed by atoms with Gasteiger partial charge in [-0.25, -0.2) is 4.79 Å². The van der Waals surface area contributed by atoms with Crippen LogP contribution in [0.15, 0.2) is 11.5 Å². The predicted molar refractivity (Wildman–Crippen MR) is 61.3 cm³/mol. The number of thioether (sulfide) groups is 1. The van der Waals surface area contributed by atoms with Crippen molar-refractivity contribution in [1.82, 2.24) is 20.1 Å². The van der Waals surface area contributed by atoms with Crippen LogP contribution in [0, 0.1) is 0 Å². The number of amides is 1. The van der Waals surface area contributed by atoms with Gasteiger partial charge < -0.3 is 14.6 Å². The molecule has 1 N–H and O–H groups in total. The number of carbonyl (C=O) groups is 2. The summed E-state index contributed by atoms with van der Waals surface area (Å²) >= 11 is 1.32. The van der Waals surface area contributed by atoms with Crippen LogP contribution in [-0.4, -0.2) is 45.5 Å². The lowest BCUT2D eigenvalue weighted by atomic mass is 10.3. The first kappa shape index (κ1) is 13.5. The van der Waals surface area contributed by atoms with Crippen molar-refractivity contribution in [3.63, 3.8) is 0 Å². The van der Waals surface area contributed by atoms with Crippen molar-refractivity contribution in [3.8, 4) is 0 Å². The van der Waals surface area contributed by atoms with Gasteiger partial charge in [0, 0.05) is 19.7 Å². The molecule has 0 aliphatic carbocycles. The highest BCUT2D eigenvalue weighted by atomic mass is 32.2. The normalized spacial score (nSPS) is 11.9. The Labute approximate surface area is 103 Å². The fraction of sp³-hybridized carbons (Fsp3) is 0.556. The monoisotopic (exact) mass is 258 g/mol. The van der Waals surface area contributed by atoms with Crippen molar-refractivity contribution >= 4 is 23.6 Å². The van der Waals surface area contributed by atoms with E-state index in [1.807, 2.05) is 0 Å². The largest absolute Gasteiger partial charge is 0.467 e. The Bertz CT molecular complexity index is 407. The molecule has 0 saturated heterocycles. The number of carbonyl (C=O) groups excluding carboxylic acids is 2. The van der Waals surface area contributed by atoms with Crippen molar-refractivity contribution in [1.29, 1.82) is 0 Å². The molecule has 0 fully saturated rings. The summed E-state index contributed by atoms with van der Waals surface area (Å²) in [6.45, 7) is 1.35. The molecule has 0 aromatic carbocycles. The molecule has 17 heavy (non-hydrogen) atoms. The summed E-state index contributed by atoms with van der Waals surface area (Å²) < 4.78 is 6.33. The summed E-state index contributed by atoms with van der Waals surface area (Å²) in [5, 5.41) is 10.8. The lowest BCUT2D eigenvalue weighted by molar-refractivity contribution is -0.144. The molecule has 94 valence electrons. The second kappa shape index (κ2) is 6.24. The first-order valence-corrected chi connectivity index (χ1v) is 5.85. The van der Waals surface area contributed by atoms with Gasteiger partial charge in [0.1, 0.15) is 12.4 Å². The molecule has 0 bridgehead atoms. The van der Waals surface area contributed by atoms with Gasteiger partial charge in [-0.3, -0.25) is 4.79 Å². The lowest BCUT2D eigenvalue weighted by Crippen LogP contribution is -2.42. The number of nitrogens with zero attached hydrogens (tertiary/aromatic N) is 3. The van der Waals surface area contributed by atoms with Crippen LogP contribution in [0.25, 0.3) is 0 Å². The summed E-state index contributed by atoms with van der Waals surface area (Å²) in [7, 11) is 3.08. The Morgan fingerprint density at radius 1 is 1.65 bits per heavy atom. The van der Waals surface area contributed by atoms with E-state index in [0.29, 0.717) is 10.9 Å². The predicted octanol–water partition coefficient (Wildman–Crippen LogP) is -0.415. The maximum Gasteiger partial charge on any atom is 0.329 e. The zero-order valence-electron chi connectivity index (χ0n) is 9.84. The van der Waals surface area contributed by atoms with Gasteiger partial charge in [-0.05, 0) is 0 Å². The summed E-state index contributed by atoms with van der Waals surface area (Å²) in [6.07, 6.45) is 1.56. The van der Waals surface area contributed by atoms with Crippen molar-refractivity contribution in [2.24, 2.45) is 7.05 Å². The molecule has 1 heterocycles. The Morgan fingerprint density at radius 2 is 2.35 bits per heavy atom. The Morgan fingerprint density at radius 3 is 2.82 bits per heavy atom. The Kier molecular flexibility index (Phi) is 4.95. The highest BCUT2D eigenvalue weighted by molar-refractivity contribution is 7.99. The highest BCUT2D eigenvalue weighted by Gasteiger charge is 2.21. The molecule has 1 rings (SSSR count). The molecule has 1 amide bonds. The zero-order chi connectivity index (χ0) is 12.8. The number of hydrogen-bond acceptors (Lipinski definition) is 6. The molecule has 7 nitrogen and oxygen atoms in total. The summed E-state index contributed by atoms with van der Waals surface area (Å²) in [6, 6.07) is -0.681. The minimum absolute atomic E-state index is 0.279. The second-order valence-electron chi connectivity index (χ2n) is 3.31. The van der Waals surface area contributed by atoms with Gasteiger partial charge >= 0.3 is 5.97 Å². The van der Waals surface area contributed by atoms with E-state index in [4.69, 9.17) is 0 Å². The van der Waals surface area contributed by atoms with E-state index >= 15 is 0 Å². The number of methoxy groups -OCH3 is 1. The molecule has 0 spiro atoms. The number of ether oxygens (including phenoxy) is 1. The van der Waals surface area contributed by atoms with E-state index in [0.717, 1.165) is 0 Å². The van der Waals surface area contributed by atoms with E-state index in [1.54, 1.807) is 17.9 Å². The van der Waals surface area contributed by atoms with E-state index in [1.165, 1.54) is 25.8 Å². The molecule has 1 atom stereocenters. The maximum absolute atomic E-state index is 11.4. The number of hydrogen-bond donors (Lipinski definition) is 1. The first-order valence-electron chi connectivity index (χ1n) is 4.86. The minimum atomic E-state index is -0.681. The van der Waals surface area contributed by atoms with Gasteiger partial charge in [-0.15, -0.1) is 10.2 Å². The van der Waals surface area contributed by atoms with Gasteiger partial charge in [0.25, 0.3) is 0 Å². The standard InChI is InChI=1S/C9H14N4O3S/c1-6(14)11-7(8(15)16-3)4-17-9-12-10-5-13(9)2/h5,7H,4H2,1-3H3,(H,11,14). The molecule has 1 aromatic rings. The maximum atomic E-state index is 11.4. The SMILES string of the molecule is COC(=O)C(CSc1nncn1C)NC(C)=O. The number of esters is 1. The van der Waals surface area contributed by atoms with Crippen LogP contribution in [0.4, 0.5) is 0 Å². The number of nitrogens with one attached hydrogen (secondary N) is 1. The molecular weight excluding hydrogens is 244 g/mol. The number of aromatic nitrogens is 3. The van der Waals surface area contributed by atoms with E-state index in [2.05, 4.69) is 20.3 Å². The van der Waals surface area contributed by atoms with Gasteiger partial charge in [-0.1, -0.05) is 11.8 Å². The highest BCUT2D eigenvalue weighted by Crippen LogP contribution is 2.14. The van der Waals surface area contributed by atoms with Crippen molar-refractivity contribution < 1.29 is 14.3 Å².